The molecule has 1 heterocycles. The molecule has 0 unspecified atom stereocenters. The second kappa shape index (κ2) is 11.2. The van der Waals surface area contributed by atoms with Crippen molar-refractivity contribution in [1.82, 2.24) is 9.88 Å². The van der Waals surface area contributed by atoms with Crippen LogP contribution in [0.2, 0.25) is 0 Å². The van der Waals surface area contributed by atoms with Crippen LogP contribution in [0.25, 0.3) is 0 Å². The number of carbonyl (C=O) groups is 2. The molecular formula is C22H23FN4O4S. The molecular weight excluding hydrogens is 435 g/mol. The molecule has 0 radical (unpaired) electrons. The number of rotatable bonds is 9. The number of benzene rings is 2. The van der Waals surface area contributed by atoms with Gasteiger partial charge in [-0.3, -0.25) is 4.79 Å². The highest BCUT2D eigenvalue weighted by Gasteiger charge is 2.18. The number of carbonyl (C=O) groups excluding carboxylic acids is 2. The van der Waals surface area contributed by atoms with Crippen LogP contribution in [0.15, 0.2) is 53.9 Å². The Hall–Kier alpha value is -3.50. The van der Waals surface area contributed by atoms with E-state index in [1.165, 1.54) is 35.6 Å². The molecule has 2 N–H and O–H groups in total. The van der Waals surface area contributed by atoms with Gasteiger partial charge in [0, 0.05) is 30.4 Å². The van der Waals surface area contributed by atoms with E-state index in [1.807, 2.05) is 0 Å². The van der Waals surface area contributed by atoms with E-state index < -0.39 is 5.91 Å². The van der Waals surface area contributed by atoms with Crippen LogP contribution in [0, 0.1) is 5.82 Å². The van der Waals surface area contributed by atoms with Crippen molar-refractivity contribution >= 4 is 34.6 Å². The van der Waals surface area contributed by atoms with Crippen LogP contribution < -0.4 is 15.4 Å². The number of halogens is 1. The van der Waals surface area contributed by atoms with E-state index in [0.717, 1.165) is 0 Å². The molecule has 0 fully saturated rings. The van der Waals surface area contributed by atoms with Crippen LogP contribution >= 0.6 is 11.3 Å². The average molecular weight is 459 g/mol. The lowest BCUT2D eigenvalue weighted by Gasteiger charge is -2.22. The summed E-state index contributed by atoms with van der Waals surface area (Å²) in [5.41, 5.74) is 1.31. The van der Waals surface area contributed by atoms with Crippen molar-refractivity contribution < 1.29 is 23.5 Å². The molecule has 0 atom stereocenters. The van der Waals surface area contributed by atoms with Crippen LogP contribution in [0.1, 0.15) is 15.5 Å². The van der Waals surface area contributed by atoms with Gasteiger partial charge in [0.05, 0.1) is 20.3 Å². The SMILES string of the molecule is COCCN(Cc1nc(C(=O)Nc2ccc(F)cc2)cs1)C(=O)Nc1ccc(OC)cc1. The predicted molar refractivity (Wildman–Crippen MR) is 121 cm³/mol. The number of aromatic nitrogens is 1. The molecule has 0 spiro atoms. The van der Waals surface area contributed by atoms with E-state index in [4.69, 9.17) is 9.47 Å². The van der Waals surface area contributed by atoms with Gasteiger partial charge in [-0.15, -0.1) is 11.3 Å². The molecule has 3 rings (SSSR count). The highest BCUT2D eigenvalue weighted by molar-refractivity contribution is 7.09. The van der Waals surface area contributed by atoms with E-state index in [0.29, 0.717) is 35.3 Å². The maximum atomic E-state index is 13.0. The van der Waals surface area contributed by atoms with Crippen molar-refractivity contribution in [2.75, 3.05) is 38.0 Å². The van der Waals surface area contributed by atoms with Gasteiger partial charge < -0.3 is 25.0 Å². The molecule has 0 saturated heterocycles. The summed E-state index contributed by atoms with van der Waals surface area (Å²) in [6, 6.07) is 12.1. The monoisotopic (exact) mass is 458 g/mol. The fourth-order valence-electron chi connectivity index (χ4n) is 2.71. The van der Waals surface area contributed by atoms with Crippen molar-refractivity contribution in [1.29, 1.82) is 0 Å². The minimum absolute atomic E-state index is 0.208. The van der Waals surface area contributed by atoms with Gasteiger partial charge in [0.25, 0.3) is 5.91 Å². The molecule has 0 aliphatic carbocycles. The summed E-state index contributed by atoms with van der Waals surface area (Å²) in [5.74, 6) is -0.110. The first-order valence-electron chi connectivity index (χ1n) is 9.68. The van der Waals surface area contributed by atoms with Gasteiger partial charge in [-0.1, -0.05) is 0 Å². The Morgan fingerprint density at radius 1 is 1.03 bits per heavy atom. The average Bonchev–Trinajstić information content (AvgIpc) is 3.27. The van der Waals surface area contributed by atoms with Crippen LogP contribution in [-0.2, 0) is 11.3 Å². The zero-order valence-corrected chi connectivity index (χ0v) is 18.4. The first kappa shape index (κ1) is 23.2. The Kier molecular flexibility index (Phi) is 8.12. The molecule has 32 heavy (non-hydrogen) atoms. The maximum absolute atomic E-state index is 13.0. The van der Waals surface area contributed by atoms with Crippen LogP contribution in [-0.4, -0.2) is 49.2 Å². The van der Waals surface area contributed by atoms with E-state index in [2.05, 4.69) is 15.6 Å². The summed E-state index contributed by atoms with van der Waals surface area (Å²) < 4.78 is 23.3. The maximum Gasteiger partial charge on any atom is 0.322 e. The molecule has 0 aliphatic rings. The minimum Gasteiger partial charge on any atom is -0.497 e. The van der Waals surface area contributed by atoms with Gasteiger partial charge >= 0.3 is 6.03 Å². The number of methoxy groups -OCH3 is 2. The summed E-state index contributed by atoms with van der Waals surface area (Å²) in [7, 11) is 3.13. The van der Waals surface area contributed by atoms with Crippen molar-refractivity contribution in [2.45, 2.75) is 6.54 Å². The molecule has 168 valence electrons. The highest BCUT2D eigenvalue weighted by Crippen LogP contribution is 2.18. The normalized spacial score (nSPS) is 10.5. The lowest BCUT2D eigenvalue weighted by molar-refractivity contribution is 0.102. The van der Waals surface area contributed by atoms with Gasteiger partial charge in [-0.05, 0) is 48.5 Å². The predicted octanol–water partition coefficient (Wildman–Crippen LogP) is 4.22. The van der Waals surface area contributed by atoms with Gasteiger partial charge in [-0.25, -0.2) is 14.2 Å². The van der Waals surface area contributed by atoms with Gasteiger partial charge in [0.1, 0.15) is 22.3 Å². The second-order valence-corrected chi connectivity index (χ2v) is 7.60. The third kappa shape index (κ3) is 6.50. The number of hydrogen-bond donors (Lipinski definition) is 2. The zero-order chi connectivity index (χ0) is 22.9. The van der Waals surface area contributed by atoms with E-state index >= 15 is 0 Å². The first-order valence-corrected chi connectivity index (χ1v) is 10.6. The first-order chi connectivity index (χ1) is 15.5. The number of amides is 3. The number of hydrogen-bond acceptors (Lipinski definition) is 6. The third-order valence-electron chi connectivity index (χ3n) is 4.41. The zero-order valence-electron chi connectivity index (χ0n) is 17.6. The standard InChI is InChI=1S/C22H23FN4O4S/c1-30-12-11-27(22(29)25-17-7-9-18(31-2)10-8-17)13-20-26-19(14-32-20)21(28)24-16-5-3-15(23)4-6-16/h3-10,14H,11-13H2,1-2H3,(H,24,28)(H,25,29). The lowest BCUT2D eigenvalue weighted by atomic mass is 10.3. The molecule has 8 nitrogen and oxygen atoms in total. The van der Waals surface area contributed by atoms with Crippen molar-refractivity contribution in [2.24, 2.45) is 0 Å². The molecule has 3 amide bonds. The quantitative estimate of drug-likeness (QED) is 0.501. The van der Waals surface area contributed by atoms with Crippen LogP contribution in [0.4, 0.5) is 20.6 Å². The summed E-state index contributed by atoms with van der Waals surface area (Å²) in [6.07, 6.45) is 0. The third-order valence-corrected chi connectivity index (χ3v) is 5.24. The fourth-order valence-corrected chi connectivity index (χ4v) is 3.50. The summed E-state index contributed by atoms with van der Waals surface area (Å²) in [5, 5.41) is 7.71. The Morgan fingerprint density at radius 3 is 2.34 bits per heavy atom. The summed E-state index contributed by atoms with van der Waals surface area (Å²) in [6.45, 7) is 0.897. The summed E-state index contributed by atoms with van der Waals surface area (Å²) in [4.78, 5) is 31.1. The topological polar surface area (TPSA) is 92.8 Å². The molecule has 3 aromatic rings. The number of thiazole rings is 1. The fraction of sp³-hybridized carbons (Fsp3) is 0.227. The van der Waals surface area contributed by atoms with E-state index in [1.54, 1.807) is 48.8 Å². The molecule has 0 bridgehead atoms. The molecule has 1 aromatic heterocycles. The smallest absolute Gasteiger partial charge is 0.322 e. The van der Waals surface area contributed by atoms with Crippen LogP contribution in [0.3, 0.4) is 0 Å². The molecule has 0 saturated carbocycles. The van der Waals surface area contributed by atoms with Crippen molar-refractivity contribution in [3.05, 3.63) is 70.4 Å². The minimum atomic E-state index is -0.412. The van der Waals surface area contributed by atoms with Gasteiger partial charge in [0.2, 0.25) is 0 Å². The van der Waals surface area contributed by atoms with Gasteiger partial charge in [0.15, 0.2) is 0 Å². The Bertz CT molecular complexity index is 1040. The highest BCUT2D eigenvalue weighted by atomic mass is 32.1. The van der Waals surface area contributed by atoms with Crippen molar-refractivity contribution in [3.8, 4) is 5.75 Å². The van der Waals surface area contributed by atoms with E-state index in [9.17, 15) is 14.0 Å². The lowest BCUT2D eigenvalue weighted by Crippen LogP contribution is -2.36. The van der Waals surface area contributed by atoms with Crippen LogP contribution in [0.5, 0.6) is 5.75 Å². The molecule has 0 aliphatic heterocycles. The van der Waals surface area contributed by atoms with E-state index in [-0.39, 0.29) is 24.1 Å². The Morgan fingerprint density at radius 2 is 1.69 bits per heavy atom. The van der Waals surface area contributed by atoms with Crippen molar-refractivity contribution in [3.63, 3.8) is 0 Å². The van der Waals surface area contributed by atoms with Gasteiger partial charge in [-0.2, -0.15) is 0 Å². The number of ether oxygens (including phenoxy) is 2. The molecule has 2 aromatic carbocycles. The largest absolute Gasteiger partial charge is 0.497 e. The number of nitrogens with zero attached hydrogens (tertiary/aromatic N) is 2. The number of urea groups is 1. The summed E-state index contributed by atoms with van der Waals surface area (Å²) >= 11 is 1.27. The molecule has 10 heteroatoms. The Balaban J connectivity index is 1.64. The number of nitrogens with one attached hydrogen (secondary N) is 2. The second-order valence-electron chi connectivity index (χ2n) is 6.66. The number of anilines is 2. The Labute approximate surface area is 189 Å².